The van der Waals surface area contributed by atoms with Gasteiger partial charge in [-0.25, -0.2) is 5.48 Å². The number of hydrogen-bond donors (Lipinski definition) is 1. The molecule has 0 atom stereocenters. The highest BCUT2D eigenvalue weighted by Gasteiger charge is 1.95. The summed E-state index contributed by atoms with van der Waals surface area (Å²) < 4.78 is 0. The summed E-state index contributed by atoms with van der Waals surface area (Å²) in [6.07, 6.45) is 5.67. The predicted octanol–water partition coefficient (Wildman–Crippen LogP) is 1.08. The highest BCUT2D eigenvalue weighted by molar-refractivity contribution is 4.50. The molecule has 0 unspecified atom stereocenters. The largest absolute Gasteiger partial charge is 0.302 e. The lowest BCUT2D eigenvalue weighted by atomic mass is 10.5. The van der Waals surface area contributed by atoms with Crippen LogP contribution in [-0.4, -0.2) is 13.2 Å². The van der Waals surface area contributed by atoms with Gasteiger partial charge < -0.3 is 4.84 Å². The SMILES string of the molecule is C1CC1.C1CNOC1. The Kier molecular flexibility index (Phi) is 2.92. The maximum absolute atomic E-state index is 4.69. The zero-order valence-corrected chi connectivity index (χ0v) is 5.15. The van der Waals surface area contributed by atoms with Gasteiger partial charge >= 0.3 is 0 Å². The van der Waals surface area contributed by atoms with Gasteiger partial charge in [0.15, 0.2) is 0 Å². The van der Waals surface area contributed by atoms with Gasteiger partial charge in [0.2, 0.25) is 0 Å². The Morgan fingerprint density at radius 2 is 1.75 bits per heavy atom. The van der Waals surface area contributed by atoms with Crippen LogP contribution < -0.4 is 5.48 Å². The summed E-state index contributed by atoms with van der Waals surface area (Å²) in [4.78, 5) is 4.69. The summed E-state index contributed by atoms with van der Waals surface area (Å²) in [5.41, 5.74) is 2.72. The molecule has 1 aliphatic carbocycles. The van der Waals surface area contributed by atoms with Gasteiger partial charge in [0, 0.05) is 6.54 Å². The monoisotopic (exact) mass is 115 g/mol. The molecule has 2 nitrogen and oxygen atoms in total. The van der Waals surface area contributed by atoms with Crippen LogP contribution in [-0.2, 0) is 4.84 Å². The Hall–Kier alpha value is -0.0800. The van der Waals surface area contributed by atoms with Gasteiger partial charge in [0.1, 0.15) is 0 Å². The maximum Gasteiger partial charge on any atom is 0.0695 e. The molecule has 1 saturated heterocycles. The van der Waals surface area contributed by atoms with E-state index in [1.54, 1.807) is 0 Å². The van der Waals surface area contributed by atoms with E-state index < -0.39 is 0 Å². The van der Waals surface area contributed by atoms with Crippen molar-refractivity contribution < 1.29 is 4.84 Å². The first-order valence-electron chi connectivity index (χ1n) is 3.35. The topological polar surface area (TPSA) is 21.3 Å². The highest BCUT2D eigenvalue weighted by Crippen LogP contribution is 2.14. The van der Waals surface area contributed by atoms with Crippen LogP contribution in [0.2, 0.25) is 0 Å². The Bertz CT molecular complexity index is 40.1. The van der Waals surface area contributed by atoms with E-state index in [9.17, 15) is 0 Å². The second kappa shape index (κ2) is 3.87. The van der Waals surface area contributed by atoms with Gasteiger partial charge in [-0.3, -0.25) is 0 Å². The molecular formula is C6H13NO. The molecule has 0 aromatic heterocycles. The molecule has 2 fully saturated rings. The van der Waals surface area contributed by atoms with E-state index in [4.69, 9.17) is 4.84 Å². The molecule has 2 heteroatoms. The van der Waals surface area contributed by atoms with Crippen LogP contribution in [0.4, 0.5) is 0 Å². The third kappa shape index (κ3) is 4.09. The molecule has 0 aromatic rings. The van der Waals surface area contributed by atoms with Crippen LogP contribution in [0.25, 0.3) is 0 Å². The van der Waals surface area contributed by atoms with Crippen LogP contribution in [0.15, 0.2) is 0 Å². The van der Waals surface area contributed by atoms with Crippen molar-refractivity contribution in [2.45, 2.75) is 25.7 Å². The third-order valence-electron chi connectivity index (χ3n) is 0.981. The van der Waals surface area contributed by atoms with Gasteiger partial charge in [-0.1, -0.05) is 19.3 Å². The zero-order valence-electron chi connectivity index (χ0n) is 5.15. The van der Waals surface area contributed by atoms with Crippen LogP contribution in [0, 0.1) is 0 Å². The molecular weight excluding hydrogens is 102 g/mol. The van der Waals surface area contributed by atoms with Crippen molar-refractivity contribution in [2.24, 2.45) is 0 Å². The molecule has 0 spiro atoms. The normalized spacial score (nSPS) is 24.0. The number of rotatable bonds is 0. The molecule has 2 aliphatic rings. The molecule has 1 aliphatic heterocycles. The number of hydroxylamine groups is 1. The minimum atomic E-state index is 0.889. The van der Waals surface area contributed by atoms with Crippen molar-refractivity contribution in [3.8, 4) is 0 Å². The molecule has 1 heterocycles. The van der Waals surface area contributed by atoms with E-state index in [0.29, 0.717) is 0 Å². The second-order valence-electron chi connectivity index (χ2n) is 2.16. The predicted molar refractivity (Wildman–Crippen MR) is 32.4 cm³/mol. The van der Waals surface area contributed by atoms with Crippen molar-refractivity contribution in [3.05, 3.63) is 0 Å². The average Bonchev–Trinajstić information content (AvgIpc) is 2.55. The smallest absolute Gasteiger partial charge is 0.0695 e. The lowest BCUT2D eigenvalue weighted by Crippen LogP contribution is -2.01. The first-order valence-corrected chi connectivity index (χ1v) is 3.35. The molecule has 1 N–H and O–H groups in total. The lowest BCUT2D eigenvalue weighted by molar-refractivity contribution is 0.103. The zero-order chi connectivity index (χ0) is 5.66. The summed E-state index contributed by atoms with van der Waals surface area (Å²) in [6, 6.07) is 0. The molecule has 1 saturated carbocycles. The quantitative estimate of drug-likeness (QED) is 0.510. The van der Waals surface area contributed by atoms with Crippen molar-refractivity contribution in [3.63, 3.8) is 0 Å². The van der Waals surface area contributed by atoms with E-state index in [1.165, 1.54) is 25.7 Å². The molecule has 2 rings (SSSR count). The van der Waals surface area contributed by atoms with Crippen LogP contribution >= 0.6 is 0 Å². The molecule has 8 heavy (non-hydrogen) atoms. The fourth-order valence-corrected chi connectivity index (χ4v) is 0.361. The Labute approximate surface area is 50.2 Å². The fourth-order valence-electron chi connectivity index (χ4n) is 0.361. The van der Waals surface area contributed by atoms with Crippen molar-refractivity contribution in [1.82, 2.24) is 5.48 Å². The highest BCUT2D eigenvalue weighted by atomic mass is 16.6. The van der Waals surface area contributed by atoms with Gasteiger partial charge in [-0.05, 0) is 6.42 Å². The van der Waals surface area contributed by atoms with E-state index in [1.807, 2.05) is 0 Å². The fraction of sp³-hybridized carbons (Fsp3) is 1.00. The van der Waals surface area contributed by atoms with Crippen molar-refractivity contribution in [1.29, 1.82) is 0 Å². The first-order chi connectivity index (χ1) is 4.00. The maximum atomic E-state index is 4.69. The minimum Gasteiger partial charge on any atom is -0.302 e. The van der Waals surface area contributed by atoms with Gasteiger partial charge in [0.25, 0.3) is 0 Å². The minimum absolute atomic E-state index is 0.889. The summed E-state index contributed by atoms with van der Waals surface area (Å²) in [5.74, 6) is 0. The number of hydrogen-bond acceptors (Lipinski definition) is 2. The van der Waals surface area contributed by atoms with Crippen molar-refractivity contribution in [2.75, 3.05) is 13.2 Å². The summed E-state index contributed by atoms with van der Waals surface area (Å²) in [5, 5.41) is 0. The number of nitrogens with one attached hydrogen (secondary N) is 1. The standard InChI is InChI=1S/C3H7NO.C3H6/c1-2-4-5-3-1;1-2-3-1/h4H,1-3H2;1-3H2. The van der Waals surface area contributed by atoms with Crippen molar-refractivity contribution >= 4 is 0 Å². The molecule has 0 amide bonds. The third-order valence-corrected chi connectivity index (χ3v) is 0.981. The van der Waals surface area contributed by atoms with Gasteiger partial charge in [0.05, 0.1) is 6.61 Å². The second-order valence-corrected chi connectivity index (χ2v) is 2.16. The molecule has 0 radical (unpaired) electrons. The van der Waals surface area contributed by atoms with Gasteiger partial charge in [-0.2, -0.15) is 0 Å². The van der Waals surface area contributed by atoms with E-state index >= 15 is 0 Å². The van der Waals surface area contributed by atoms with E-state index in [0.717, 1.165) is 13.2 Å². The average molecular weight is 115 g/mol. The van der Waals surface area contributed by atoms with Crippen LogP contribution in [0.5, 0.6) is 0 Å². The molecule has 48 valence electrons. The van der Waals surface area contributed by atoms with E-state index in [2.05, 4.69) is 5.48 Å². The van der Waals surface area contributed by atoms with Gasteiger partial charge in [-0.15, -0.1) is 0 Å². The molecule has 0 bridgehead atoms. The summed E-state index contributed by atoms with van der Waals surface area (Å²) in [7, 11) is 0. The Morgan fingerprint density at radius 3 is 1.88 bits per heavy atom. The van der Waals surface area contributed by atoms with Crippen LogP contribution in [0.3, 0.4) is 0 Å². The van der Waals surface area contributed by atoms with E-state index in [-0.39, 0.29) is 0 Å². The lowest BCUT2D eigenvalue weighted by Gasteiger charge is -1.80. The summed E-state index contributed by atoms with van der Waals surface area (Å²) >= 11 is 0. The van der Waals surface area contributed by atoms with Crippen LogP contribution in [0.1, 0.15) is 25.7 Å². The summed E-state index contributed by atoms with van der Waals surface area (Å²) in [6.45, 7) is 1.92. The Balaban J connectivity index is 0.0000000907. The Morgan fingerprint density at radius 1 is 1.00 bits per heavy atom. The first kappa shape index (κ1) is 6.05. The molecule has 0 aromatic carbocycles.